The summed E-state index contributed by atoms with van der Waals surface area (Å²) in [6.07, 6.45) is 2.16. The molecule has 0 bridgehead atoms. The van der Waals surface area contributed by atoms with Crippen molar-refractivity contribution < 1.29 is 14.6 Å². The second-order valence-corrected chi connectivity index (χ2v) is 8.53. The van der Waals surface area contributed by atoms with Crippen LogP contribution in [0.1, 0.15) is 33.5 Å². The zero-order chi connectivity index (χ0) is 21.4. The number of anilines is 1. The molecule has 5 heteroatoms. The maximum Gasteiger partial charge on any atom is 0.257 e. The Kier molecular flexibility index (Phi) is 5.28. The number of benzene rings is 3. The molecule has 1 N–H and O–H groups in total. The van der Waals surface area contributed by atoms with Crippen molar-refractivity contribution in [2.24, 2.45) is 0 Å². The smallest absolute Gasteiger partial charge is 0.257 e. The average Bonchev–Trinajstić information content (AvgIpc) is 2.80. The Morgan fingerprint density at radius 1 is 1.06 bits per heavy atom. The maximum absolute atomic E-state index is 13.2. The van der Waals surface area contributed by atoms with Crippen molar-refractivity contribution in [3.8, 4) is 5.75 Å². The molecule has 5 rings (SSSR count). The average molecular weight is 417 g/mol. The fourth-order valence-corrected chi connectivity index (χ4v) is 4.83. The lowest BCUT2D eigenvalue weighted by molar-refractivity contribution is 0.0301. The van der Waals surface area contributed by atoms with Crippen molar-refractivity contribution in [1.82, 2.24) is 4.90 Å². The Bertz CT molecular complexity index is 1130. The molecule has 2 aliphatic heterocycles. The Hall–Kier alpha value is -3.05. The number of morpholine rings is 1. The maximum atomic E-state index is 13.2. The molecule has 31 heavy (non-hydrogen) atoms. The zero-order valence-electron chi connectivity index (χ0n) is 17.9. The number of carbonyl (C=O) groups is 1. The molecule has 0 saturated carbocycles. The number of hydrogen-bond acceptors (Lipinski definition) is 4. The first-order chi connectivity index (χ1) is 15.1. The highest BCUT2D eigenvalue weighted by atomic mass is 16.5. The van der Waals surface area contributed by atoms with Crippen LogP contribution in [0.25, 0.3) is 10.8 Å². The minimum absolute atomic E-state index is 0.106. The molecule has 0 spiro atoms. The summed E-state index contributed by atoms with van der Waals surface area (Å²) >= 11 is 0. The van der Waals surface area contributed by atoms with Gasteiger partial charge in [0.25, 0.3) is 5.91 Å². The van der Waals surface area contributed by atoms with Crippen molar-refractivity contribution in [1.29, 1.82) is 0 Å². The van der Waals surface area contributed by atoms with Gasteiger partial charge in [0, 0.05) is 37.4 Å². The first-order valence-electron chi connectivity index (χ1n) is 11.1. The highest BCUT2D eigenvalue weighted by molar-refractivity contribution is 6.03. The number of aryl methyl sites for hydroxylation is 2. The van der Waals surface area contributed by atoms with Gasteiger partial charge in [-0.05, 0) is 48.2 Å². The summed E-state index contributed by atoms with van der Waals surface area (Å²) in [6.45, 7) is 5.82. The van der Waals surface area contributed by atoms with Gasteiger partial charge >= 0.3 is 0 Å². The lowest BCUT2D eigenvalue weighted by Crippen LogP contribution is -2.40. The molecule has 3 aromatic rings. The summed E-state index contributed by atoms with van der Waals surface area (Å²) in [5, 5.41) is 13.3. The molecule has 0 atom stereocenters. The molecule has 1 saturated heterocycles. The molecule has 0 radical (unpaired) electrons. The van der Waals surface area contributed by atoms with Gasteiger partial charge in [0.15, 0.2) is 0 Å². The van der Waals surface area contributed by atoms with Gasteiger partial charge in [-0.3, -0.25) is 4.79 Å². The molecule has 0 aromatic heterocycles. The topological polar surface area (TPSA) is 53.0 Å². The Morgan fingerprint density at radius 3 is 2.71 bits per heavy atom. The first-order valence-corrected chi connectivity index (χ1v) is 11.1. The van der Waals surface area contributed by atoms with E-state index in [4.69, 9.17) is 4.74 Å². The third kappa shape index (κ3) is 3.74. The van der Waals surface area contributed by atoms with Crippen LogP contribution in [0.15, 0.2) is 48.5 Å². The summed E-state index contributed by atoms with van der Waals surface area (Å²) in [4.78, 5) is 17.4. The summed E-state index contributed by atoms with van der Waals surface area (Å²) in [5.41, 5.74) is 5.06. The van der Waals surface area contributed by atoms with E-state index in [1.54, 1.807) is 4.90 Å². The normalized spacial score (nSPS) is 16.4. The molecule has 2 heterocycles. The van der Waals surface area contributed by atoms with Gasteiger partial charge in [-0.15, -0.1) is 0 Å². The molecule has 160 valence electrons. The van der Waals surface area contributed by atoms with E-state index in [2.05, 4.69) is 30.0 Å². The van der Waals surface area contributed by atoms with Crippen molar-refractivity contribution >= 4 is 22.4 Å². The van der Waals surface area contributed by atoms with Crippen LogP contribution in [-0.4, -0.2) is 48.8 Å². The third-order valence-electron chi connectivity index (χ3n) is 6.45. The predicted octanol–water partition coefficient (Wildman–Crippen LogP) is 4.28. The highest BCUT2D eigenvalue weighted by Gasteiger charge is 2.26. The summed E-state index contributed by atoms with van der Waals surface area (Å²) in [6, 6.07) is 16.4. The van der Waals surface area contributed by atoms with Crippen LogP contribution in [0.4, 0.5) is 5.69 Å². The highest BCUT2D eigenvalue weighted by Crippen LogP contribution is 2.36. The number of rotatable bonds is 3. The van der Waals surface area contributed by atoms with Gasteiger partial charge in [0.1, 0.15) is 5.75 Å². The van der Waals surface area contributed by atoms with Gasteiger partial charge < -0.3 is 19.6 Å². The number of phenolic OH excluding ortho intramolecular Hbond substituents is 1. The Labute approximate surface area is 182 Å². The predicted molar refractivity (Wildman–Crippen MR) is 123 cm³/mol. The van der Waals surface area contributed by atoms with Gasteiger partial charge in [-0.1, -0.05) is 42.0 Å². The monoisotopic (exact) mass is 416 g/mol. The van der Waals surface area contributed by atoms with E-state index in [-0.39, 0.29) is 11.7 Å². The van der Waals surface area contributed by atoms with Crippen LogP contribution >= 0.6 is 0 Å². The molecular formula is C26H28N2O3. The molecule has 5 nitrogen and oxygen atoms in total. The van der Waals surface area contributed by atoms with Gasteiger partial charge in [0.2, 0.25) is 0 Å². The van der Waals surface area contributed by atoms with Crippen molar-refractivity contribution in [3.63, 3.8) is 0 Å². The standard InChI is InChI=1S/C26H28N2O3/c1-18-8-9-24-20(15-18)6-4-10-28(24)17-23-21-7-3-2-5-19(21)16-22(25(23)29)26(30)27-11-13-31-14-12-27/h2-3,5,7-9,15-16,29H,4,6,10-14,17H2,1H3. The molecule has 3 aromatic carbocycles. The Morgan fingerprint density at radius 2 is 1.87 bits per heavy atom. The number of phenols is 1. The van der Waals surface area contributed by atoms with Crippen LogP contribution in [-0.2, 0) is 17.7 Å². The van der Waals surface area contributed by atoms with Gasteiger partial charge in [-0.2, -0.15) is 0 Å². The van der Waals surface area contributed by atoms with Crippen molar-refractivity contribution in [3.05, 3.63) is 70.8 Å². The van der Waals surface area contributed by atoms with Crippen LogP contribution in [0.5, 0.6) is 5.75 Å². The van der Waals surface area contributed by atoms with Crippen LogP contribution < -0.4 is 4.90 Å². The number of ether oxygens (including phenoxy) is 1. The number of amides is 1. The number of nitrogens with zero attached hydrogens (tertiary/aromatic N) is 2. The van der Waals surface area contributed by atoms with E-state index in [0.29, 0.717) is 38.4 Å². The number of hydrogen-bond donors (Lipinski definition) is 1. The van der Waals surface area contributed by atoms with Crippen LogP contribution in [0, 0.1) is 6.92 Å². The molecule has 1 fully saturated rings. The third-order valence-corrected chi connectivity index (χ3v) is 6.45. The van der Waals surface area contributed by atoms with E-state index in [0.717, 1.165) is 35.7 Å². The summed E-state index contributed by atoms with van der Waals surface area (Å²) in [7, 11) is 0. The van der Waals surface area contributed by atoms with Gasteiger partial charge in [-0.25, -0.2) is 0 Å². The van der Waals surface area contributed by atoms with E-state index >= 15 is 0 Å². The molecule has 2 aliphatic rings. The van der Waals surface area contributed by atoms with Crippen molar-refractivity contribution in [2.45, 2.75) is 26.3 Å². The summed E-state index contributed by atoms with van der Waals surface area (Å²) < 4.78 is 5.39. The van der Waals surface area contributed by atoms with E-state index < -0.39 is 0 Å². The SMILES string of the molecule is Cc1ccc2c(c1)CCCN2Cc1c(O)c(C(=O)N2CCOCC2)cc2ccccc12. The quantitative estimate of drug-likeness (QED) is 0.693. The van der Waals surface area contributed by atoms with E-state index in [9.17, 15) is 9.90 Å². The number of aromatic hydroxyl groups is 1. The summed E-state index contributed by atoms with van der Waals surface area (Å²) in [5.74, 6) is -0.0168. The Balaban J connectivity index is 1.57. The second kappa shape index (κ2) is 8.23. The molecule has 0 aliphatic carbocycles. The molecular weight excluding hydrogens is 388 g/mol. The van der Waals surface area contributed by atoms with Crippen LogP contribution in [0.3, 0.4) is 0 Å². The lowest BCUT2D eigenvalue weighted by atomic mass is 9.95. The fraction of sp³-hybridized carbons (Fsp3) is 0.346. The van der Waals surface area contributed by atoms with Crippen molar-refractivity contribution in [2.75, 3.05) is 37.7 Å². The first kappa shape index (κ1) is 19.9. The van der Waals surface area contributed by atoms with Crippen LogP contribution in [0.2, 0.25) is 0 Å². The zero-order valence-corrected chi connectivity index (χ0v) is 17.9. The lowest BCUT2D eigenvalue weighted by Gasteiger charge is -2.33. The van der Waals surface area contributed by atoms with E-state index in [1.165, 1.54) is 16.8 Å². The second-order valence-electron chi connectivity index (χ2n) is 8.53. The molecule has 0 unspecified atom stereocenters. The minimum Gasteiger partial charge on any atom is -0.507 e. The molecule has 1 amide bonds. The van der Waals surface area contributed by atoms with Gasteiger partial charge in [0.05, 0.1) is 18.8 Å². The fourth-order valence-electron chi connectivity index (χ4n) is 4.83. The number of carbonyl (C=O) groups excluding carboxylic acids is 1. The van der Waals surface area contributed by atoms with E-state index in [1.807, 2.05) is 30.3 Å². The number of fused-ring (bicyclic) bond motifs is 2. The largest absolute Gasteiger partial charge is 0.507 e. The minimum atomic E-state index is -0.123.